The molecule has 0 N–H and O–H groups in total. The summed E-state index contributed by atoms with van der Waals surface area (Å²) in [6, 6.07) is 14.9. The van der Waals surface area contributed by atoms with Crippen molar-refractivity contribution < 1.29 is 22.4 Å². The molecule has 0 saturated heterocycles. The molecule has 0 atom stereocenters. The summed E-state index contributed by atoms with van der Waals surface area (Å²) >= 11 is 3.39. The standard InChI is InChI=1S/C23H12BrF4NO/c1-11(30)18-14(3-2-4-16(18)24)12-5-7-13(8-6-12)17-10-9-15-19(25)20(26)21(27)22(28)23(15)29-17/h2-10H,1H3. The first-order valence-corrected chi connectivity index (χ1v) is 9.62. The number of pyridine rings is 1. The molecular formula is C23H12BrF4NO. The number of carbonyl (C=O) groups excluding carboxylic acids is 1. The van der Waals surface area contributed by atoms with Gasteiger partial charge in [-0.25, -0.2) is 22.5 Å². The number of nitrogens with zero attached hydrogens (tertiary/aromatic N) is 1. The molecule has 2 nitrogen and oxygen atoms in total. The lowest BCUT2D eigenvalue weighted by Crippen LogP contribution is -2.00. The van der Waals surface area contributed by atoms with E-state index in [1.54, 1.807) is 30.3 Å². The fraction of sp³-hybridized carbons (Fsp3) is 0.0435. The van der Waals surface area contributed by atoms with Gasteiger partial charge in [0.05, 0.1) is 5.69 Å². The van der Waals surface area contributed by atoms with Crippen molar-refractivity contribution in [3.63, 3.8) is 0 Å². The first-order chi connectivity index (χ1) is 14.3. The Morgan fingerprint density at radius 3 is 2.10 bits per heavy atom. The van der Waals surface area contributed by atoms with E-state index in [0.29, 0.717) is 15.6 Å². The third kappa shape index (κ3) is 3.29. The van der Waals surface area contributed by atoms with Crippen LogP contribution in [-0.4, -0.2) is 10.8 Å². The Bertz CT molecular complexity index is 1320. The molecule has 0 amide bonds. The van der Waals surface area contributed by atoms with Crippen molar-refractivity contribution in [1.82, 2.24) is 4.98 Å². The number of ketones is 1. The summed E-state index contributed by atoms with van der Waals surface area (Å²) < 4.78 is 55.7. The van der Waals surface area contributed by atoms with Gasteiger partial charge in [-0.1, -0.05) is 52.3 Å². The molecular weight excluding hydrogens is 462 g/mol. The Balaban J connectivity index is 1.80. The zero-order valence-electron chi connectivity index (χ0n) is 15.4. The first kappa shape index (κ1) is 20.2. The lowest BCUT2D eigenvalue weighted by Gasteiger charge is -2.11. The Labute approximate surface area is 177 Å². The van der Waals surface area contributed by atoms with Crippen molar-refractivity contribution in [2.24, 2.45) is 0 Å². The molecule has 4 rings (SSSR count). The van der Waals surface area contributed by atoms with Crippen LogP contribution in [0.25, 0.3) is 33.3 Å². The number of rotatable bonds is 3. The van der Waals surface area contributed by atoms with Gasteiger partial charge in [-0.2, -0.15) is 0 Å². The van der Waals surface area contributed by atoms with E-state index in [2.05, 4.69) is 20.9 Å². The summed E-state index contributed by atoms with van der Waals surface area (Å²) in [6.45, 7) is 1.48. The number of halogens is 5. The molecule has 0 bridgehead atoms. The van der Waals surface area contributed by atoms with Crippen molar-refractivity contribution in [2.45, 2.75) is 6.92 Å². The number of carbonyl (C=O) groups is 1. The quantitative estimate of drug-likeness (QED) is 0.137. The Morgan fingerprint density at radius 2 is 1.43 bits per heavy atom. The van der Waals surface area contributed by atoms with Crippen molar-refractivity contribution >= 4 is 32.6 Å². The van der Waals surface area contributed by atoms with Gasteiger partial charge < -0.3 is 0 Å². The third-order valence-electron chi connectivity index (χ3n) is 4.78. The lowest BCUT2D eigenvalue weighted by atomic mass is 9.96. The van der Waals surface area contributed by atoms with E-state index in [-0.39, 0.29) is 11.5 Å². The second-order valence-electron chi connectivity index (χ2n) is 6.64. The smallest absolute Gasteiger partial charge is 0.199 e. The normalized spacial score (nSPS) is 11.1. The van der Waals surface area contributed by atoms with Gasteiger partial charge in [0.1, 0.15) is 5.52 Å². The number of fused-ring (bicyclic) bond motifs is 1. The summed E-state index contributed by atoms with van der Waals surface area (Å²) in [5.41, 5.74) is 2.30. The van der Waals surface area contributed by atoms with Gasteiger partial charge >= 0.3 is 0 Å². The number of hydrogen-bond donors (Lipinski definition) is 0. The van der Waals surface area contributed by atoms with E-state index in [9.17, 15) is 22.4 Å². The second-order valence-corrected chi connectivity index (χ2v) is 7.50. The molecule has 1 aromatic heterocycles. The molecule has 30 heavy (non-hydrogen) atoms. The first-order valence-electron chi connectivity index (χ1n) is 8.82. The van der Waals surface area contributed by atoms with E-state index < -0.39 is 34.2 Å². The van der Waals surface area contributed by atoms with Crippen LogP contribution in [0.4, 0.5) is 17.6 Å². The van der Waals surface area contributed by atoms with Crippen LogP contribution in [0.1, 0.15) is 17.3 Å². The lowest BCUT2D eigenvalue weighted by molar-refractivity contribution is 0.101. The minimum Gasteiger partial charge on any atom is -0.294 e. The summed E-state index contributed by atoms with van der Waals surface area (Å²) in [6.07, 6.45) is 0. The highest BCUT2D eigenvalue weighted by Crippen LogP contribution is 2.32. The van der Waals surface area contributed by atoms with Crippen LogP contribution in [0.3, 0.4) is 0 Å². The molecule has 0 radical (unpaired) electrons. The highest BCUT2D eigenvalue weighted by atomic mass is 79.9. The molecule has 0 aliphatic carbocycles. The molecule has 4 aromatic rings. The zero-order valence-corrected chi connectivity index (χ0v) is 17.0. The minimum absolute atomic E-state index is 0.0930. The largest absolute Gasteiger partial charge is 0.294 e. The van der Waals surface area contributed by atoms with Gasteiger partial charge in [0.25, 0.3) is 0 Å². The average Bonchev–Trinajstić information content (AvgIpc) is 2.75. The number of aromatic nitrogens is 1. The van der Waals surface area contributed by atoms with Gasteiger partial charge in [0.15, 0.2) is 29.1 Å². The molecule has 0 aliphatic heterocycles. The van der Waals surface area contributed by atoms with Crippen LogP contribution < -0.4 is 0 Å². The maximum Gasteiger partial charge on any atom is 0.199 e. The highest BCUT2D eigenvalue weighted by molar-refractivity contribution is 9.10. The molecule has 150 valence electrons. The molecule has 0 aliphatic rings. The molecule has 7 heteroatoms. The van der Waals surface area contributed by atoms with Crippen molar-refractivity contribution in [3.05, 3.63) is 87.9 Å². The van der Waals surface area contributed by atoms with Crippen molar-refractivity contribution in [1.29, 1.82) is 0 Å². The SMILES string of the molecule is CC(=O)c1c(Br)cccc1-c1ccc(-c2ccc3c(F)c(F)c(F)c(F)c3n2)cc1. The number of Topliss-reactive ketones (excluding diaryl/α,β-unsaturated/α-hetero) is 1. The molecule has 3 aromatic carbocycles. The van der Waals surface area contributed by atoms with Crippen LogP contribution >= 0.6 is 15.9 Å². The van der Waals surface area contributed by atoms with Crippen LogP contribution in [0.5, 0.6) is 0 Å². The van der Waals surface area contributed by atoms with Crippen LogP contribution in [0.2, 0.25) is 0 Å². The minimum atomic E-state index is -1.90. The monoisotopic (exact) mass is 473 g/mol. The Morgan fingerprint density at radius 1 is 0.800 bits per heavy atom. The predicted octanol–water partition coefficient (Wildman–Crippen LogP) is 7.09. The summed E-state index contributed by atoms with van der Waals surface area (Å²) in [5.74, 6) is -6.88. The average molecular weight is 474 g/mol. The third-order valence-corrected chi connectivity index (χ3v) is 5.44. The summed E-state index contributed by atoms with van der Waals surface area (Å²) in [5, 5.41) is -0.438. The highest BCUT2D eigenvalue weighted by Gasteiger charge is 2.21. The van der Waals surface area contributed by atoms with E-state index >= 15 is 0 Å². The maximum absolute atomic E-state index is 14.1. The molecule has 0 unspecified atom stereocenters. The fourth-order valence-electron chi connectivity index (χ4n) is 3.32. The van der Waals surface area contributed by atoms with Gasteiger partial charge in [-0.3, -0.25) is 4.79 Å². The molecule has 1 heterocycles. The van der Waals surface area contributed by atoms with Crippen LogP contribution in [0, 0.1) is 23.3 Å². The number of benzene rings is 3. The Kier molecular flexibility index (Phi) is 5.15. The predicted molar refractivity (Wildman–Crippen MR) is 110 cm³/mol. The summed E-state index contributed by atoms with van der Waals surface area (Å²) in [7, 11) is 0. The number of hydrogen-bond acceptors (Lipinski definition) is 2. The Hall–Kier alpha value is -3.06. The van der Waals surface area contributed by atoms with Gasteiger partial charge in [0, 0.05) is 21.0 Å². The molecule has 0 spiro atoms. The second kappa shape index (κ2) is 7.65. The van der Waals surface area contributed by atoms with Crippen LogP contribution in [0.15, 0.2) is 59.1 Å². The van der Waals surface area contributed by atoms with E-state index in [4.69, 9.17) is 0 Å². The molecule has 0 saturated carbocycles. The molecule has 0 fully saturated rings. The van der Waals surface area contributed by atoms with Crippen molar-refractivity contribution in [3.8, 4) is 22.4 Å². The van der Waals surface area contributed by atoms with Crippen molar-refractivity contribution in [2.75, 3.05) is 0 Å². The zero-order chi connectivity index (χ0) is 21.6. The summed E-state index contributed by atoms with van der Waals surface area (Å²) in [4.78, 5) is 16.0. The van der Waals surface area contributed by atoms with Crippen LogP contribution in [-0.2, 0) is 0 Å². The fourth-order valence-corrected chi connectivity index (χ4v) is 3.97. The van der Waals surface area contributed by atoms with E-state index in [1.807, 2.05) is 12.1 Å². The van der Waals surface area contributed by atoms with E-state index in [1.165, 1.54) is 13.0 Å². The van der Waals surface area contributed by atoms with Gasteiger partial charge in [0.2, 0.25) is 0 Å². The van der Waals surface area contributed by atoms with Gasteiger partial charge in [-0.05, 0) is 36.2 Å². The van der Waals surface area contributed by atoms with E-state index in [0.717, 1.165) is 17.2 Å². The van der Waals surface area contributed by atoms with Gasteiger partial charge in [-0.15, -0.1) is 0 Å². The maximum atomic E-state index is 14.1. The topological polar surface area (TPSA) is 30.0 Å².